The van der Waals surface area contributed by atoms with Crippen LogP contribution in [0.2, 0.25) is 0 Å². The van der Waals surface area contributed by atoms with Crippen LogP contribution in [0, 0.1) is 5.41 Å². The highest BCUT2D eigenvalue weighted by Crippen LogP contribution is 2.35. The highest BCUT2D eigenvalue weighted by molar-refractivity contribution is 5.81. The van der Waals surface area contributed by atoms with Crippen molar-refractivity contribution in [2.24, 2.45) is 5.41 Å². The molecule has 0 spiro atoms. The maximum atomic E-state index is 12.4. The van der Waals surface area contributed by atoms with E-state index < -0.39 is 0 Å². The number of nitrogens with one attached hydrogen (secondary N) is 1. The van der Waals surface area contributed by atoms with Crippen LogP contribution in [-0.2, 0) is 4.79 Å². The normalized spacial score (nSPS) is 29.0. The predicted molar refractivity (Wildman–Crippen MR) is 79.1 cm³/mol. The Labute approximate surface area is 118 Å². The van der Waals surface area contributed by atoms with Crippen molar-refractivity contribution in [2.75, 3.05) is 13.1 Å². The van der Waals surface area contributed by atoms with Crippen molar-refractivity contribution in [3.8, 4) is 0 Å². The number of amides is 1. The molecule has 1 aliphatic carbocycles. The minimum absolute atomic E-state index is 0.0273. The molecule has 0 bridgehead atoms. The number of nitrogens with zero attached hydrogens (tertiary/aromatic N) is 1. The lowest BCUT2D eigenvalue weighted by Gasteiger charge is -2.41. The Balaban J connectivity index is 1.88. The fourth-order valence-electron chi connectivity index (χ4n) is 3.56. The molecule has 0 radical (unpaired) electrons. The molecule has 2 unspecified atom stereocenters. The van der Waals surface area contributed by atoms with E-state index in [4.69, 9.17) is 0 Å². The maximum absolute atomic E-state index is 12.4. The van der Waals surface area contributed by atoms with Crippen LogP contribution in [0.1, 0.15) is 65.7 Å². The van der Waals surface area contributed by atoms with Gasteiger partial charge in [-0.25, -0.2) is 0 Å². The standard InChI is InChI=1S/C16H30N2O/c1-13(15(19)18-11-7-4-8-12-18)17-14-9-5-6-10-16(14,2)3/h13-14,17H,4-12H2,1-3H3. The minimum atomic E-state index is -0.0273. The van der Waals surface area contributed by atoms with Gasteiger partial charge in [-0.1, -0.05) is 26.7 Å². The van der Waals surface area contributed by atoms with Gasteiger partial charge in [0.25, 0.3) is 0 Å². The van der Waals surface area contributed by atoms with Gasteiger partial charge in [-0.05, 0) is 44.4 Å². The predicted octanol–water partition coefficient (Wildman–Crippen LogP) is 2.95. The van der Waals surface area contributed by atoms with Crippen LogP contribution in [0.5, 0.6) is 0 Å². The first-order chi connectivity index (χ1) is 9.00. The van der Waals surface area contributed by atoms with Gasteiger partial charge in [0.1, 0.15) is 0 Å². The van der Waals surface area contributed by atoms with Crippen molar-refractivity contribution < 1.29 is 4.79 Å². The average molecular weight is 266 g/mol. The second-order valence-electron chi connectivity index (χ2n) is 7.06. The van der Waals surface area contributed by atoms with Crippen LogP contribution >= 0.6 is 0 Å². The monoisotopic (exact) mass is 266 g/mol. The molecular weight excluding hydrogens is 236 g/mol. The number of likely N-dealkylation sites (tertiary alicyclic amines) is 1. The Morgan fingerprint density at radius 2 is 1.84 bits per heavy atom. The van der Waals surface area contributed by atoms with E-state index in [1.165, 1.54) is 44.9 Å². The van der Waals surface area contributed by atoms with E-state index in [2.05, 4.69) is 24.1 Å². The second kappa shape index (κ2) is 6.25. The summed E-state index contributed by atoms with van der Waals surface area (Å²) in [6, 6.07) is 0.463. The first-order valence-electron chi connectivity index (χ1n) is 8.05. The van der Waals surface area contributed by atoms with E-state index in [1.54, 1.807) is 0 Å². The molecule has 1 heterocycles. The summed E-state index contributed by atoms with van der Waals surface area (Å²) >= 11 is 0. The number of hydrogen-bond acceptors (Lipinski definition) is 2. The van der Waals surface area contributed by atoms with Gasteiger partial charge in [-0.15, -0.1) is 0 Å². The summed E-state index contributed by atoms with van der Waals surface area (Å²) < 4.78 is 0. The molecule has 1 amide bonds. The molecule has 1 saturated heterocycles. The smallest absolute Gasteiger partial charge is 0.239 e. The van der Waals surface area contributed by atoms with Gasteiger partial charge in [0.15, 0.2) is 0 Å². The van der Waals surface area contributed by atoms with Gasteiger partial charge in [0.2, 0.25) is 5.91 Å². The molecule has 0 aromatic rings. The number of carbonyl (C=O) groups excluding carboxylic acids is 1. The first kappa shape index (κ1) is 14.8. The molecule has 2 aliphatic rings. The number of rotatable bonds is 3. The van der Waals surface area contributed by atoms with E-state index in [1.807, 2.05) is 6.92 Å². The van der Waals surface area contributed by atoms with E-state index in [9.17, 15) is 4.79 Å². The summed E-state index contributed by atoms with van der Waals surface area (Å²) in [5, 5.41) is 3.61. The lowest BCUT2D eigenvalue weighted by molar-refractivity contribution is -0.134. The largest absolute Gasteiger partial charge is 0.341 e. The molecule has 0 aromatic heterocycles. The summed E-state index contributed by atoms with van der Waals surface area (Å²) in [5.41, 5.74) is 0.328. The van der Waals surface area contributed by atoms with Crippen LogP contribution in [0.4, 0.5) is 0 Å². The van der Waals surface area contributed by atoms with Crippen molar-refractivity contribution in [2.45, 2.75) is 77.8 Å². The molecule has 3 nitrogen and oxygen atoms in total. The Hall–Kier alpha value is -0.570. The molecule has 110 valence electrons. The first-order valence-corrected chi connectivity index (χ1v) is 8.05. The van der Waals surface area contributed by atoms with E-state index in [-0.39, 0.29) is 6.04 Å². The maximum Gasteiger partial charge on any atom is 0.239 e. The van der Waals surface area contributed by atoms with Crippen molar-refractivity contribution in [3.63, 3.8) is 0 Å². The van der Waals surface area contributed by atoms with Crippen LogP contribution in [0.25, 0.3) is 0 Å². The molecule has 1 N–H and O–H groups in total. The molecule has 0 aromatic carbocycles. The van der Waals surface area contributed by atoms with Gasteiger partial charge in [0.05, 0.1) is 6.04 Å². The Bertz CT molecular complexity index is 308. The fraction of sp³-hybridized carbons (Fsp3) is 0.938. The van der Waals surface area contributed by atoms with Crippen LogP contribution in [0.15, 0.2) is 0 Å². The van der Waals surface area contributed by atoms with Crippen LogP contribution in [0.3, 0.4) is 0 Å². The minimum Gasteiger partial charge on any atom is -0.341 e. The van der Waals surface area contributed by atoms with E-state index >= 15 is 0 Å². The van der Waals surface area contributed by atoms with Crippen LogP contribution in [-0.4, -0.2) is 36.0 Å². The van der Waals surface area contributed by atoms with Gasteiger partial charge in [-0.2, -0.15) is 0 Å². The van der Waals surface area contributed by atoms with Gasteiger partial charge in [0, 0.05) is 19.1 Å². The highest BCUT2D eigenvalue weighted by atomic mass is 16.2. The third kappa shape index (κ3) is 3.71. The third-order valence-electron chi connectivity index (χ3n) is 5.00. The summed E-state index contributed by atoms with van der Waals surface area (Å²) in [6.45, 7) is 8.63. The quantitative estimate of drug-likeness (QED) is 0.852. The van der Waals surface area contributed by atoms with Crippen LogP contribution < -0.4 is 5.32 Å². The van der Waals surface area contributed by atoms with Crippen molar-refractivity contribution in [1.82, 2.24) is 10.2 Å². The van der Waals surface area contributed by atoms with E-state index in [0.717, 1.165) is 13.1 Å². The molecule has 1 saturated carbocycles. The van der Waals surface area contributed by atoms with Crippen molar-refractivity contribution >= 4 is 5.91 Å². The Morgan fingerprint density at radius 3 is 2.47 bits per heavy atom. The SMILES string of the molecule is CC(NC1CCCCC1(C)C)C(=O)N1CCCCC1. The van der Waals surface area contributed by atoms with Crippen molar-refractivity contribution in [1.29, 1.82) is 0 Å². The lowest BCUT2D eigenvalue weighted by atomic mass is 9.73. The summed E-state index contributed by atoms with van der Waals surface area (Å²) in [6.07, 6.45) is 8.74. The van der Waals surface area contributed by atoms with Gasteiger partial charge in [-0.3, -0.25) is 4.79 Å². The lowest BCUT2D eigenvalue weighted by Crippen LogP contribution is -2.54. The van der Waals surface area contributed by atoms with Crippen molar-refractivity contribution in [3.05, 3.63) is 0 Å². The zero-order valence-corrected chi connectivity index (χ0v) is 12.9. The zero-order valence-electron chi connectivity index (χ0n) is 12.9. The average Bonchev–Trinajstić information content (AvgIpc) is 2.41. The molecule has 3 heteroatoms. The van der Waals surface area contributed by atoms with Gasteiger partial charge < -0.3 is 10.2 Å². The number of hydrogen-bond donors (Lipinski definition) is 1. The molecule has 1 aliphatic heterocycles. The third-order valence-corrected chi connectivity index (χ3v) is 5.00. The number of carbonyl (C=O) groups is 1. The highest BCUT2D eigenvalue weighted by Gasteiger charge is 2.34. The molecule has 19 heavy (non-hydrogen) atoms. The van der Waals surface area contributed by atoms with Gasteiger partial charge >= 0.3 is 0 Å². The summed E-state index contributed by atoms with van der Waals surface area (Å²) in [7, 11) is 0. The Morgan fingerprint density at radius 1 is 1.16 bits per heavy atom. The molecule has 2 rings (SSSR count). The number of piperidine rings is 1. The Kier molecular flexibility index (Phi) is 4.88. The van der Waals surface area contributed by atoms with E-state index in [0.29, 0.717) is 17.4 Å². The molecule has 2 fully saturated rings. The second-order valence-corrected chi connectivity index (χ2v) is 7.06. The molecular formula is C16H30N2O. The summed E-state index contributed by atoms with van der Waals surface area (Å²) in [4.78, 5) is 14.5. The fourth-order valence-corrected chi connectivity index (χ4v) is 3.56. The summed E-state index contributed by atoms with van der Waals surface area (Å²) in [5.74, 6) is 0.307. The topological polar surface area (TPSA) is 32.3 Å². The zero-order chi connectivity index (χ0) is 13.9. The molecule has 2 atom stereocenters.